The number of esters is 1. The summed E-state index contributed by atoms with van der Waals surface area (Å²) in [6, 6.07) is 10.2. The number of aryl methyl sites for hydroxylation is 1. The lowest BCUT2D eigenvalue weighted by molar-refractivity contribution is -0.146. The number of hydrogen-bond donors (Lipinski definition) is 0. The van der Waals surface area contributed by atoms with Gasteiger partial charge in [-0.3, -0.25) is 9.36 Å². The van der Waals surface area contributed by atoms with Crippen molar-refractivity contribution in [3.8, 4) is 17.2 Å². The second-order valence-electron chi connectivity index (χ2n) is 9.25. The fourth-order valence-corrected chi connectivity index (χ4v) is 7.53. The number of methoxy groups -OCH3 is 2. The van der Waals surface area contributed by atoms with Crippen LogP contribution in [0.4, 0.5) is 13.2 Å². The smallest absolute Gasteiger partial charge is 0.452 e. The zero-order valence-electron chi connectivity index (χ0n) is 22.8. The van der Waals surface area contributed by atoms with Crippen molar-refractivity contribution in [1.82, 2.24) is 19.7 Å². The highest BCUT2D eigenvalue weighted by Crippen LogP contribution is 2.54. The topological polar surface area (TPSA) is 88.4 Å². The molecular formula is C28H26ClF3N4O4S2. The molecular weight excluding hydrogens is 613 g/mol. The summed E-state index contributed by atoms with van der Waals surface area (Å²) in [5.74, 6) is -0.346. The lowest BCUT2D eigenvalue weighted by Crippen LogP contribution is -2.16. The summed E-state index contributed by atoms with van der Waals surface area (Å²) >= 11 is 9.20. The molecule has 0 N–H and O–H groups in total. The number of alkyl halides is 3. The molecule has 8 nitrogen and oxygen atoms in total. The Morgan fingerprint density at radius 3 is 2.64 bits per heavy atom. The lowest BCUT2D eigenvalue weighted by atomic mass is 10.0. The van der Waals surface area contributed by atoms with Crippen LogP contribution < -0.4 is 9.47 Å². The lowest BCUT2D eigenvalue weighted by Gasteiger charge is -2.23. The highest BCUT2D eigenvalue weighted by molar-refractivity contribution is 8.00. The van der Waals surface area contributed by atoms with E-state index in [1.165, 1.54) is 37.3 Å². The number of thioether (sulfide) groups is 1. The number of benzene rings is 2. The van der Waals surface area contributed by atoms with Crippen molar-refractivity contribution in [1.29, 1.82) is 0 Å². The Labute approximate surface area is 253 Å². The monoisotopic (exact) mass is 638 g/mol. The largest absolute Gasteiger partial charge is 0.493 e. The summed E-state index contributed by atoms with van der Waals surface area (Å²) in [5.41, 5.74) is 2.23. The van der Waals surface area contributed by atoms with Crippen molar-refractivity contribution in [3.05, 3.63) is 80.3 Å². The van der Waals surface area contributed by atoms with E-state index in [0.717, 1.165) is 4.57 Å². The SMILES string of the molecule is CCOC(=O)CCc1csc(C[C@@H]2S[C@@H](c3cccc(OC)c3OC)c3cc(Cl)ccc3-n3c2nnc3C(F)(F)F)n1. The molecule has 0 aliphatic carbocycles. The van der Waals surface area contributed by atoms with Crippen molar-refractivity contribution >= 4 is 40.7 Å². The maximum atomic E-state index is 14.3. The highest BCUT2D eigenvalue weighted by atomic mass is 35.5. The van der Waals surface area contributed by atoms with E-state index in [4.69, 9.17) is 25.8 Å². The zero-order valence-corrected chi connectivity index (χ0v) is 25.2. The normalized spacial score (nSPS) is 16.4. The van der Waals surface area contributed by atoms with Crippen LogP contribution in [0.1, 0.15) is 57.3 Å². The van der Waals surface area contributed by atoms with Gasteiger partial charge in [0.15, 0.2) is 17.3 Å². The minimum atomic E-state index is -4.76. The Morgan fingerprint density at radius 2 is 1.93 bits per heavy atom. The van der Waals surface area contributed by atoms with Crippen LogP contribution >= 0.6 is 34.7 Å². The maximum Gasteiger partial charge on any atom is 0.452 e. The van der Waals surface area contributed by atoms with E-state index in [2.05, 4.69) is 15.2 Å². The molecule has 14 heteroatoms. The Kier molecular flexibility index (Phi) is 9.00. The van der Waals surface area contributed by atoms with Gasteiger partial charge in [0.05, 0.1) is 54.1 Å². The molecule has 3 heterocycles. The van der Waals surface area contributed by atoms with Gasteiger partial charge in [-0.05, 0) is 36.8 Å². The van der Waals surface area contributed by atoms with Crippen LogP contribution in [0.15, 0.2) is 41.8 Å². The molecule has 222 valence electrons. The third-order valence-corrected chi connectivity index (χ3v) is 9.25. The zero-order chi connectivity index (χ0) is 30.0. The maximum absolute atomic E-state index is 14.3. The second-order valence-corrected chi connectivity index (χ2v) is 11.9. The Balaban J connectivity index is 1.62. The van der Waals surface area contributed by atoms with Crippen LogP contribution in [0.3, 0.4) is 0 Å². The number of carbonyl (C=O) groups excluding carboxylic acids is 1. The Morgan fingerprint density at radius 1 is 1.12 bits per heavy atom. The highest BCUT2D eigenvalue weighted by Gasteiger charge is 2.43. The molecule has 2 atom stereocenters. The third-order valence-electron chi connectivity index (χ3n) is 6.61. The van der Waals surface area contributed by atoms with Gasteiger partial charge in [0.2, 0.25) is 5.82 Å². The second kappa shape index (κ2) is 12.5. The first-order chi connectivity index (χ1) is 20.1. The van der Waals surface area contributed by atoms with Gasteiger partial charge in [-0.2, -0.15) is 13.2 Å². The molecule has 0 bridgehead atoms. The first-order valence-electron chi connectivity index (χ1n) is 12.9. The molecule has 5 rings (SSSR count). The van der Waals surface area contributed by atoms with Gasteiger partial charge in [-0.25, -0.2) is 4.98 Å². The summed E-state index contributed by atoms with van der Waals surface area (Å²) in [6.07, 6.45) is -3.90. The fourth-order valence-electron chi connectivity index (χ4n) is 4.84. The van der Waals surface area contributed by atoms with Crippen LogP contribution in [-0.4, -0.2) is 46.5 Å². The molecule has 2 aromatic carbocycles. The molecule has 0 fully saturated rings. The van der Waals surface area contributed by atoms with Crippen molar-refractivity contribution in [2.24, 2.45) is 0 Å². The van der Waals surface area contributed by atoms with Crippen molar-refractivity contribution in [3.63, 3.8) is 0 Å². The van der Waals surface area contributed by atoms with Crippen LogP contribution in [0.5, 0.6) is 11.5 Å². The van der Waals surface area contributed by atoms with Gasteiger partial charge < -0.3 is 14.2 Å². The predicted octanol–water partition coefficient (Wildman–Crippen LogP) is 7.03. The van der Waals surface area contributed by atoms with Gasteiger partial charge >= 0.3 is 12.1 Å². The molecule has 0 saturated carbocycles. The minimum Gasteiger partial charge on any atom is -0.493 e. The van der Waals surface area contributed by atoms with Crippen LogP contribution in [0, 0.1) is 0 Å². The molecule has 0 spiro atoms. The molecule has 1 aliphatic heterocycles. The van der Waals surface area contributed by atoms with Gasteiger partial charge in [0.25, 0.3) is 0 Å². The van der Waals surface area contributed by atoms with Crippen LogP contribution in [0.2, 0.25) is 5.02 Å². The molecule has 0 saturated heterocycles. The molecule has 0 radical (unpaired) electrons. The Hall–Kier alpha value is -3.29. The summed E-state index contributed by atoms with van der Waals surface area (Å²) in [6.45, 7) is 2.04. The molecule has 0 unspecified atom stereocenters. The van der Waals surface area contributed by atoms with E-state index < -0.39 is 22.5 Å². The van der Waals surface area contributed by atoms with E-state index in [1.807, 2.05) is 11.4 Å². The van der Waals surface area contributed by atoms with Gasteiger partial charge in [0.1, 0.15) is 0 Å². The number of fused-ring (bicyclic) bond motifs is 3. The predicted molar refractivity (Wildman–Crippen MR) is 154 cm³/mol. The van der Waals surface area contributed by atoms with Crippen molar-refractivity contribution in [2.45, 2.75) is 42.9 Å². The number of para-hydroxylation sites is 1. The molecule has 1 aliphatic rings. The van der Waals surface area contributed by atoms with Gasteiger partial charge in [-0.15, -0.1) is 33.3 Å². The number of carbonyl (C=O) groups is 1. The summed E-state index contributed by atoms with van der Waals surface area (Å²) in [7, 11) is 3.04. The summed E-state index contributed by atoms with van der Waals surface area (Å²) in [5, 5.41) is 9.45. The fraction of sp³-hybridized carbons (Fsp3) is 0.357. The standard InChI is InChI=1S/C28H26ClF3N4O4S2/c1-4-40-23(37)11-9-16-14-41-22(33-16)13-21-26-34-35-27(28(30,31)32)36(26)19-10-8-15(29)12-18(19)25(42-21)17-6-5-7-20(38-2)24(17)39-3/h5-8,10,12,14,21,25H,4,9,11,13H2,1-3H3/t21-,25-/m0/s1. The van der Waals surface area contributed by atoms with E-state index in [-0.39, 0.29) is 30.3 Å². The molecule has 4 aromatic rings. The summed E-state index contributed by atoms with van der Waals surface area (Å²) in [4.78, 5) is 16.5. The Bertz CT molecular complexity index is 1590. The number of hydrogen-bond acceptors (Lipinski definition) is 9. The quantitative estimate of drug-likeness (QED) is 0.181. The molecule has 2 aromatic heterocycles. The first-order valence-corrected chi connectivity index (χ1v) is 15.1. The van der Waals surface area contributed by atoms with E-state index in [1.54, 1.807) is 37.3 Å². The van der Waals surface area contributed by atoms with Crippen LogP contribution in [0.25, 0.3) is 5.69 Å². The van der Waals surface area contributed by atoms with E-state index >= 15 is 0 Å². The number of ether oxygens (including phenoxy) is 3. The number of aromatic nitrogens is 4. The average Bonchev–Trinajstić information content (AvgIpc) is 3.58. The number of thiazole rings is 1. The van der Waals surface area contributed by atoms with E-state index in [0.29, 0.717) is 51.4 Å². The minimum absolute atomic E-state index is 0.142. The van der Waals surface area contributed by atoms with Crippen molar-refractivity contribution in [2.75, 3.05) is 20.8 Å². The molecule has 0 amide bonds. The number of rotatable bonds is 9. The third kappa shape index (κ3) is 6.09. The first kappa shape index (κ1) is 30.2. The van der Waals surface area contributed by atoms with Crippen LogP contribution in [-0.2, 0) is 28.5 Å². The molecule has 42 heavy (non-hydrogen) atoms. The van der Waals surface area contributed by atoms with Gasteiger partial charge in [0, 0.05) is 28.8 Å². The number of nitrogens with zero attached hydrogens (tertiary/aromatic N) is 4. The van der Waals surface area contributed by atoms with Crippen molar-refractivity contribution < 1.29 is 32.2 Å². The van der Waals surface area contributed by atoms with E-state index in [9.17, 15) is 18.0 Å². The summed E-state index contributed by atoms with van der Waals surface area (Å²) < 4.78 is 60.1. The number of halogens is 4. The van der Waals surface area contributed by atoms with Gasteiger partial charge in [-0.1, -0.05) is 23.7 Å². The average molecular weight is 639 g/mol.